The first-order valence-corrected chi connectivity index (χ1v) is 7.52. The van der Waals surface area contributed by atoms with E-state index in [1.807, 2.05) is 25.1 Å². The fourth-order valence-electron chi connectivity index (χ4n) is 2.24. The molecule has 6 heteroatoms. The van der Waals surface area contributed by atoms with Crippen LogP contribution in [0.1, 0.15) is 13.3 Å². The Hall–Kier alpha value is -1.27. The van der Waals surface area contributed by atoms with Gasteiger partial charge in [0.15, 0.2) is 0 Å². The number of hydrogen-bond donors (Lipinski definition) is 2. The second-order valence-electron chi connectivity index (χ2n) is 4.79. The molecule has 1 aromatic rings. The Bertz CT molecular complexity index is 481. The summed E-state index contributed by atoms with van der Waals surface area (Å²) in [7, 11) is 0. The lowest BCUT2D eigenvalue weighted by atomic mass is 10.1. The van der Waals surface area contributed by atoms with Gasteiger partial charge in [0.2, 0.25) is 0 Å². The number of nitrogens with one attached hydrogen (secondary N) is 1. The SMILES string of the molecule is CCOc1ccc(Br)cc1NC(=O)N1CCC(CO)C1. The predicted octanol–water partition coefficient (Wildman–Crippen LogP) is 2.69. The zero-order chi connectivity index (χ0) is 14.5. The smallest absolute Gasteiger partial charge is 0.321 e. The number of amides is 2. The van der Waals surface area contributed by atoms with E-state index in [1.165, 1.54) is 0 Å². The van der Waals surface area contributed by atoms with Crippen molar-refractivity contribution in [1.29, 1.82) is 0 Å². The molecule has 0 radical (unpaired) electrons. The third-order valence-electron chi connectivity index (χ3n) is 3.31. The lowest BCUT2D eigenvalue weighted by molar-refractivity contribution is 0.208. The van der Waals surface area contributed by atoms with Gasteiger partial charge in [-0.25, -0.2) is 4.79 Å². The number of aliphatic hydroxyl groups is 1. The van der Waals surface area contributed by atoms with Gasteiger partial charge >= 0.3 is 6.03 Å². The first-order chi connectivity index (χ1) is 9.63. The Kier molecular flexibility index (Phi) is 5.25. The number of ether oxygens (including phenoxy) is 1. The van der Waals surface area contributed by atoms with Crippen LogP contribution < -0.4 is 10.1 Å². The lowest BCUT2D eigenvalue weighted by Gasteiger charge is -2.18. The van der Waals surface area contributed by atoms with Gasteiger partial charge in [0, 0.05) is 30.1 Å². The number of carbonyl (C=O) groups is 1. The van der Waals surface area contributed by atoms with Crippen LogP contribution in [0.5, 0.6) is 5.75 Å². The summed E-state index contributed by atoms with van der Waals surface area (Å²) in [6.45, 7) is 3.85. The van der Waals surface area contributed by atoms with Crippen LogP contribution in [0.15, 0.2) is 22.7 Å². The van der Waals surface area contributed by atoms with Crippen molar-refractivity contribution in [2.24, 2.45) is 5.92 Å². The predicted molar refractivity (Wildman–Crippen MR) is 81.1 cm³/mol. The first-order valence-electron chi connectivity index (χ1n) is 6.73. The second-order valence-corrected chi connectivity index (χ2v) is 5.70. The molecular formula is C14H19BrN2O3. The number of rotatable bonds is 4. The first kappa shape index (κ1) is 15.1. The molecule has 0 spiro atoms. The highest BCUT2D eigenvalue weighted by molar-refractivity contribution is 9.10. The summed E-state index contributed by atoms with van der Waals surface area (Å²) in [5.41, 5.74) is 0.652. The molecule has 0 saturated carbocycles. The Morgan fingerprint density at radius 1 is 1.60 bits per heavy atom. The zero-order valence-corrected chi connectivity index (χ0v) is 13.0. The van der Waals surface area contributed by atoms with Crippen LogP contribution in [-0.4, -0.2) is 42.3 Å². The van der Waals surface area contributed by atoms with Crippen molar-refractivity contribution >= 4 is 27.6 Å². The van der Waals surface area contributed by atoms with Crippen LogP contribution in [0.25, 0.3) is 0 Å². The summed E-state index contributed by atoms with van der Waals surface area (Å²) < 4.78 is 6.38. The Labute approximate surface area is 127 Å². The van der Waals surface area contributed by atoms with E-state index in [2.05, 4.69) is 21.2 Å². The number of nitrogens with zero attached hydrogens (tertiary/aromatic N) is 1. The number of benzene rings is 1. The zero-order valence-electron chi connectivity index (χ0n) is 11.4. The minimum absolute atomic E-state index is 0.130. The highest BCUT2D eigenvalue weighted by Crippen LogP contribution is 2.29. The topological polar surface area (TPSA) is 61.8 Å². The van der Waals surface area contributed by atoms with E-state index in [9.17, 15) is 4.79 Å². The van der Waals surface area contributed by atoms with Gasteiger partial charge in [-0.05, 0) is 31.5 Å². The summed E-state index contributed by atoms with van der Waals surface area (Å²) in [6.07, 6.45) is 0.848. The summed E-state index contributed by atoms with van der Waals surface area (Å²) in [6, 6.07) is 5.37. The molecule has 0 aromatic heterocycles. The summed E-state index contributed by atoms with van der Waals surface area (Å²) in [5.74, 6) is 0.844. The van der Waals surface area contributed by atoms with Crippen LogP contribution in [-0.2, 0) is 0 Å². The van der Waals surface area contributed by atoms with Crippen molar-refractivity contribution in [3.8, 4) is 5.75 Å². The van der Waals surface area contributed by atoms with Crippen molar-refractivity contribution < 1.29 is 14.6 Å². The lowest BCUT2D eigenvalue weighted by Crippen LogP contribution is -2.33. The van der Waals surface area contributed by atoms with Crippen molar-refractivity contribution in [2.75, 3.05) is 31.6 Å². The molecule has 2 N–H and O–H groups in total. The molecule has 5 nitrogen and oxygen atoms in total. The number of halogens is 1. The van der Waals surface area contributed by atoms with Crippen LogP contribution in [0.3, 0.4) is 0 Å². The summed E-state index contributed by atoms with van der Waals surface area (Å²) in [5, 5.41) is 12.0. The number of anilines is 1. The number of hydrogen-bond acceptors (Lipinski definition) is 3. The molecule has 1 saturated heterocycles. The molecule has 0 aliphatic carbocycles. The number of carbonyl (C=O) groups excluding carboxylic acids is 1. The van der Waals surface area contributed by atoms with Gasteiger partial charge in [-0.15, -0.1) is 0 Å². The molecule has 1 aliphatic rings. The van der Waals surface area contributed by atoms with E-state index in [4.69, 9.17) is 9.84 Å². The molecule has 1 heterocycles. The van der Waals surface area contributed by atoms with E-state index >= 15 is 0 Å². The minimum Gasteiger partial charge on any atom is -0.492 e. The Morgan fingerprint density at radius 2 is 2.40 bits per heavy atom. The Morgan fingerprint density at radius 3 is 3.05 bits per heavy atom. The fraction of sp³-hybridized carbons (Fsp3) is 0.500. The quantitative estimate of drug-likeness (QED) is 0.884. The van der Waals surface area contributed by atoms with Crippen molar-refractivity contribution in [3.63, 3.8) is 0 Å². The monoisotopic (exact) mass is 342 g/mol. The van der Waals surface area contributed by atoms with Crippen LogP contribution in [0, 0.1) is 5.92 Å². The molecule has 2 amide bonds. The maximum Gasteiger partial charge on any atom is 0.321 e. The van der Waals surface area contributed by atoms with Gasteiger partial charge in [0.1, 0.15) is 5.75 Å². The van der Waals surface area contributed by atoms with Crippen LogP contribution in [0.2, 0.25) is 0 Å². The molecule has 1 unspecified atom stereocenters. The molecule has 1 aliphatic heterocycles. The maximum absolute atomic E-state index is 12.2. The molecule has 2 rings (SSSR count). The maximum atomic E-state index is 12.2. The molecule has 110 valence electrons. The highest BCUT2D eigenvalue weighted by atomic mass is 79.9. The van der Waals surface area contributed by atoms with Crippen molar-refractivity contribution in [2.45, 2.75) is 13.3 Å². The van der Waals surface area contributed by atoms with E-state index in [0.717, 1.165) is 10.9 Å². The third kappa shape index (κ3) is 3.64. The molecule has 1 fully saturated rings. The van der Waals surface area contributed by atoms with Crippen LogP contribution >= 0.6 is 15.9 Å². The van der Waals surface area contributed by atoms with Crippen LogP contribution in [0.4, 0.5) is 10.5 Å². The number of aliphatic hydroxyl groups excluding tert-OH is 1. The van der Waals surface area contributed by atoms with Gasteiger partial charge in [-0.2, -0.15) is 0 Å². The molecule has 1 atom stereocenters. The molecule has 0 bridgehead atoms. The van der Waals surface area contributed by atoms with Crippen molar-refractivity contribution in [1.82, 2.24) is 4.90 Å². The molecular weight excluding hydrogens is 324 g/mol. The molecule has 20 heavy (non-hydrogen) atoms. The van der Waals surface area contributed by atoms with Gasteiger partial charge in [0.05, 0.1) is 12.3 Å². The Balaban J connectivity index is 2.05. The van der Waals surface area contributed by atoms with E-state index in [0.29, 0.717) is 31.1 Å². The largest absolute Gasteiger partial charge is 0.492 e. The normalized spacial score (nSPS) is 18.1. The summed E-state index contributed by atoms with van der Waals surface area (Å²) in [4.78, 5) is 13.9. The average Bonchev–Trinajstić information content (AvgIpc) is 2.91. The second kappa shape index (κ2) is 6.95. The number of likely N-dealkylation sites (tertiary alicyclic amines) is 1. The van der Waals surface area contributed by atoms with Crippen molar-refractivity contribution in [3.05, 3.63) is 22.7 Å². The van der Waals surface area contributed by atoms with Gasteiger partial charge in [0.25, 0.3) is 0 Å². The standard InChI is InChI=1S/C14H19BrN2O3/c1-2-20-13-4-3-11(15)7-12(13)16-14(19)17-6-5-10(8-17)9-18/h3-4,7,10,18H,2,5-6,8-9H2,1H3,(H,16,19). The minimum atomic E-state index is -0.153. The fourth-order valence-corrected chi connectivity index (χ4v) is 2.60. The summed E-state index contributed by atoms with van der Waals surface area (Å²) >= 11 is 3.39. The van der Waals surface area contributed by atoms with E-state index in [-0.39, 0.29) is 18.6 Å². The van der Waals surface area contributed by atoms with E-state index < -0.39 is 0 Å². The van der Waals surface area contributed by atoms with Gasteiger partial charge in [-0.1, -0.05) is 15.9 Å². The van der Waals surface area contributed by atoms with Gasteiger partial charge < -0.3 is 20.1 Å². The number of urea groups is 1. The highest BCUT2D eigenvalue weighted by Gasteiger charge is 2.26. The molecule has 1 aromatic carbocycles. The third-order valence-corrected chi connectivity index (χ3v) is 3.81. The average molecular weight is 343 g/mol. The van der Waals surface area contributed by atoms with E-state index in [1.54, 1.807) is 4.90 Å². The van der Waals surface area contributed by atoms with Gasteiger partial charge in [-0.3, -0.25) is 0 Å².